The zero-order valence-electron chi connectivity index (χ0n) is 17.5. The summed E-state index contributed by atoms with van der Waals surface area (Å²) < 4.78 is 40.9. The summed E-state index contributed by atoms with van der Waals surface area (Å²) >= 11 is 0. The number of benzene rings is 3. The lowest BCUT2D eigenvalue weighted by Crippen LogP contribution is -2.17. The zero-order chi connectivity index (χ0) is 23.3. The molecule has 3 N–H and O–H groups in total. The van der Waals surface area contributed by atoms with Crippen LogP contribution in [0.1, 0.15) is 29.3 Å². The van der Waals surface area contributed by atoms with Crippen molar-refractivity contribution in [2.45, 2.75) is 25.2 Å². The van der Waals surface area contributed by atoms with Gasteiger partial charge in [0.25, 0.3) is 15.9 Å². The number of amides is 2. The predicted molar refractivity (Wildman–Crippen MR) is 122 cm³/mol. The first-order chi connectivity index (χ1) is 15.2. The third kappa shape index (κ3) is 5.70. The summed E-state index contributed by atoms with van der Waals surface area (Å²) in [6.45, 7) is 3.42. The van der Waals surface area contributed by atoms with Crippen LogP contribution < -0.4 is 15.4 Å². The molecular formula is C23H22FN3O4S. The monoisotopic (exact) mass is 455 g/mol. The van der Waals surface area contributed by atoms with Gasteiger partial charge < -0.3 is 10.6 Å². The average Bonchev–Trinajstić information content (AvgIpc) is 2.75. The van der Waals surface area contributed by atoms with E-state index in [2.05, 4.69) is 15.4 Å². The Bertz CT molecular complexity index is 1260. The lowest BCUT2D eigenvalue weighted by atomic mass is 10.1. The van der Waals surface area contributed by atoms with Crippen LogP contribution in [-0.4, -0.2) is 20.2 Å². The molecule has 2 amide bonds. The molecule has 0 aliphatic heterocycles. The molecule has 0 spiro atoms. The van der Waals surface area contributed by atoms with Crippen LogP contribution in [0.25, 0.3) is 0 Å². The Morgan fingerprint density at radius 1 is 0.875 bits per heavy atom. The van der Waals surface area contributed by atoms with Gasteiger partial charge in [-0.15, -0.1) is 0 Å². The van der Waals surface area contributed by atoms with Crippen LogP contribution in [0.5, 0.6) is 0 Å². The fourth-order valence-electron chi connectivity index (χ4n) is 2.87. The van der Waals surface area contributed by atoms with Crippen molar-refractivity contribution < 1.29 is 22.4 Å². The Morgan fingerprint density at radius 2 is 1.53 bits per heavy atom. The Hall–Kier alpha value is -3.72. The van der Waals surface area contributed by atoms with Crippen molar-refractivity contribution in [3.63, 3.8) is 0 Å². The Kier molecular flexibility index (Phi) is 6.89. The maximum Gasteiger partial charge on any atom is 0.261 e. The first kappa shape index (κ1) is 23.0. The van der Waals surface area contributed by atoms with Crippen molar-refractivity contribution in [2.24, 2.45) is 0 Å². The number of nitrogens with one attached hydrogen (secondary N) is 3. The molecular weight excluding hydrogens is 433 g/mol. The van der Waals surface area contributed by atoms with Gasteiger partial charge in [0.05, 0.1) is 4.90 Å². The lowest BCUT2D eigenvalue weighted by molar-refractivity contribution is -0.115. The second-order valence-corrected chi connectivity index (χ2v) is 8.71. The van der Waals surface area contributed by atoms with Crippen molar-refractivity contribution in [3.8, 4) is 0 Å². The third-order valence-electron chi connectivity index (χ3n) is 4.59. The van der Waals surface area contributed by atoms with Gasteiger partial charge >= 0.3 is 0 Å². The molecule has 9 heteroatoms. The van der Waals surface area contributed by atoms with Crippen LogP contribution >= 0.6 is 0 Å². The molecule has 0 radical (unpaired) electrons. The second kappa shape index (κ2) is 9.61. The molecule has 32 heavy (non-hydrogen) atoms. The minimum absolute atomic E-state index is 0.110. The number of hydrogen-bond acceptors (Lipinski definition) is 4. The number of sulfonamides is 1. The molecule has 0 fully saturated rings. The van der Waals surface area contributed by atoms with Crippen molar-refractivity contribution in [3.05, 3.63) is 83.7 Å². The van der Waals surface area contributed by atoms with Crippen molar-refractivity contribution in [2.75, 3.05) is 15.4 Å². The number of halogens is 1. The zero-order valence-corrected chi connectivity index (χ0v) is 18.3. The van der Waals surface area contributed by atoms with E-state index in [1.54, 1.807) is 38.1 Å². The highest BCUT2D eigenvalue weighted by molar-refractivity contribution is 7.92. The summed E-state index contributed by atoms with van der Waals surface area (Å²) in [6.07, 6.45) is 0.322. The van der Waals surface area contributed by atoms with Gasteiger partial charge in [0.15, 0.2) is 0 Å². The maximum absolute atomic E-state index is 13.1. The summed E-state index contributed by atoms with van der Waals surface area (Å²) in [4.78, 5) is 24.3. The van der Waals surface area contributed by atoms with Crippen LogP contribution in [0.4, 0.5) is 21.5 Å². The van der Waals surface area contributed by atoms with E-state index in [0.717, 1.165) is 12.1 Å². The van der Waals surface area contributed by atoms with E-state index >= 15 is 0 Å². The highest BCUT2D eigenvalue weighted by Gasteiger charge is 2.19. The standard InChI is InChI=1S/C23H22FN3O4S/c1-3-22(28)25-18-5-4-6-19(13-18)26-23(29)21-14-20(12-7-15(21)2)32(30,31)27-17-10-8-16(24)9-11-17/h4-14,27H,3H2,1-2H3,(H,25,28)(H,26,29). The maximum atomic E-state index is 13.1. The summed E-state index contributed by atoms with van der Waals surface area (Å²) in [5.41, 5.74) is 1.93. The highest BCUT2D eigenvalue weighted by Crippen LogP contribution is 2.22. The molecule has 0 unspecified atom stereocenters. The summed E-state index contributed by atoms with van der Waals surface area (Å²) in [5.74, 6) is -1.14. The topological polar surface area (TPSA) is 104 Å². The minimum atomic E-state index is -3.99. The van der Waals surface area contributed by atoms with Crippen LogP contribution in [0.3, 0.4) is 0 Å². The summed E-state index contributed by atoms with van der Waals surface area (Å²) in [5, 5.41) is 5.43. The number of rotatable bonds is 7. The molecule has 166 valence electrons. The highest BCUT2D eigenvalue weighted by atomic mass is 32.2. The Balaban J connectivity index is 1.82. The van der Waals surface area contributed by atoms with Gasteiger partial charge in [-0.05, 0) is 67.1 Å². The van der Waals surface area contributed by atoms with Gasteiger partial charge in [0, 0.05) is 29.0 Å². The van der Waals surface area contributed by atoms with Crippen molar-refractivity contribution in [1.29, 1.82) is 0 Å². The molecule has 0 heterocycles. The molecule has 3 rings (SSSR count). The van der Waals surface area contributed by atoms with Gasteiger partial charge in [0.2, 0.25) is 5.91 Å². The smallest absolute Gasteiger partial charge is 0.261 e. The molecule has 0 bridgehead atoms. The number of carbonyl (C=O) groups is 2. The fourth-order valence-corrected chi connectivity index (χ4v) is 3.95. The van der Waals surface area contributed by atoms with E-state index in [0.29, 0.717) is 23.4 Å². The Morgan fingerprint density at radius 3 is 2.19 bits per heavy atom. The molecule has 0 saturated carbocycles. The van der Waals surface area contributed by atoms with Gasteiger partial charge in [0.1, 0.15) is 5.82 Å². The molecule has 0 aliphatic carbocycles. The van der Waals surface area contributed by atoms with E-state index in [1.165, 1.54) is 30.3 Å². The number of aryl methyl sites for hydroxylation is 1. The van der Waals surface area contributed by atoms with E-state index in [-0.39, 0.29) is 22.1 Å². The molecule has 0 aliphatic rings. The summed E-state index contributed by atoms with van der Waals surface area (Å²) in [6, 6.07) is 15.7. The quantitative estimate of drug-likeness (QED) is 0.487. The lowest BCUT2D eigenvalue weighted by Gasteiger charge is -2.12. The normalized spacial score (nSPS) is 11.0. The van der Waals surface area contributed by atoms with Gasteiger partial charge in [-0.25, -0.2) is 12.8 Å². The van der Waals surface area contributed by atoms with E-state index in [9.17, 15) is 22.4 Å². The molecule has 7 nitrogen and oxygen atoms in total. The number of anilines is 3. The van der Waals surface area contributed by atoms with Crippen LogP contribution in [0.2, 0.25) is 0 Å². The fraction of sp³-hybridized carbons (Fsp3) is 0.130. The largest absolute Gasteiger partial charge is 0.326 e. The molecule has 0 saturated heterocycles. The Labute approximate surface area is 185 Å². The van der Waals surface area contributed by atoms with E-state index in [1.807, 2.05) is 0 Å². The van der Waals surface area contributed by atoms with Gasteiger partial charge in [-0.3, -0.25) is 14.3 Å². The summed E-state index contributed by atoms with van der Waals surface area (Å²) in [7, 11) is -3.99. The molecule has 3 aromatic carbocycles. The van der Waals surface area contributed by atoms with Crippen LogP contribution in [-0.2, 0) is 14.8 Å². The van der Waals surface area contributed by atoms with Crippen LogP contribution in [0, 0.1) is 12.7 Å². The first-order valence-electron chi connectivity index (χ1n) is 9.78. The SMILES string of the molecule is CCC(=O)Nc1cccc(NC(=O)c2cc(S(=O)(=O)Nc3ccc(F)cc3)ccc2C)c1. The third-order valence-corrected chi connectivity index (χ3v) is 5.96. The van der Waals surface area contributed by atoms with Gasteiger partial charge in [-0.1, -0.05) is 19.1 Å². The number of hydrogen-bond donors (Lipinski definition) is 3. The van der Waals surface area contributed by atoms with E-state index < -0.39 is 21.7 Å². The molecule has 0 aromatic heterocycles. The van der Waals surface area contributed by atoms with Crippen molar-refractivity contribution >= 4 is 38.9 Å². The minimum Gasteiger partial charge on any atom is -0.326 e. The molecule has 0 atom stereocenters. The van der Waals surface area contributed by atoms with E-state index in [4.69, 9.17) is 0 Å². The predicted octanol–water partition coefficient (Wildman–Crippen LogP) is 4.54. The number of carbonyl (C=O) groups excluding carboxylic acids is 2. The second-order valence-electron chi connectivity index (χ2n) is 7.03. The van der Waals surface area contributed by atoms with Gasteiger partial charge in [-0.2, -0.15) is 0 Å². The first-order valence-corrected chi connectivity index (χ1v) is 11.3. The van der Waals surface area contributed by atoms with Crippen LogP contribution in [0.15, 0.2) is 71.6 Å². The molecule has 3 aromatic rings. The average molecular weight is 456 g/mol. The van der Waals surface area contributed by atoms with Crippen molar-refractivity contribution in [1.82, 2.24) is 0 Å².